The van der Waals surface area contributed by atoms with Gasteiger partial charge in [0.15, 0.2) is 5.75 Å². The van der Waals surface area contributed by atoms with Crippen LogP contribution in [0.5, 0.6) is 17.2 Å². The van der Waals surface area contributed by atoms with E-state index in [1.165, 1.54) is 23.8 Å². The van der Waals surface area contributed by atoms with Crippen molar-refractivity contribution in [2.75, 3.05) is 13.2 Å². The molecule has 5 atom stereocenters. The van der Waals surface area contributed by atoms with E-state index in [4.69, 9.17) is 18.6 Å². The smallest absolute Gasteiger partial charge is 0.382 e. The van der Waals surface area contributed by atoms with E-state index in [-0.39, 0.29) is 23.7 Å². The Morgan fingerprint density at radius 2 is 1.83 bits per heavy atom. The second-order valence-electron chi connectivity index (χ2n) is 8.72. The van der Waals surface area contributed by atoms with E-state index in [0.29, 0.717) is 5.39 Å². The fourth-order valence-electron chi connectivity index (χ4n) is 3.62. The SMILES string of the molecule is CC(C)=CCCC(C)=CCOc1c(O)c(=O)oc2cc(O[C@@H]3O[C@H](CO)[C@H](O)[C@H](O)[C@H]3O)ccc12. The predicted molar refractivity (Wildman–Crippen MR) is 126 cm³/mol. The van der Waals surface area contributed by atoms with Gasteiger partial charge >= 0.3 is 5.63 Å². The Labute approximate surface area is 202 Å². The molecule has 5 N–H and O–H groups in total. The van der Waals surface area contributed by atoms with E-state index in [1.54, 1.807) is 0 Å². The Hall–Kier alpha value is -2.89. The lowest BCUT2D eigenvalue weighted by molar-refractivity contribution is -0.277. The van der Waals surface area contributed by atoms with Gasteiger partial charge in [0.05, 0.1) is 12.0 Å². The standard InChI is InChI=1S/C25H32O10/c1-13(2)5-4-6-14(3)9-10-32-23-16-8-7-15(11-17(16)34-24(31)22(23)30)33-25-21(29)20(28)19(27)18(12-26)35-25/h5,7-9,11,18-21,25-30H,4,6,10,12H2,1-3H3/t18-,19+,20+,21-,25-/m1/s1. The summed E-state index contributed by atoms with van der Waals surface area (Å²) in [6.45, 7) is 5.59. The normalized spacial score (nSPS) is 24.9. The van der Waals surface area contributed by atoms with Crippen LogP contribution in [0.1, 0.15) is 33.6 Å². The van der Waals surface area contributed by atoms with Crippen molar-refractivity contribution in [2.45, 2.75) is 64.3 Å². The zero-order valence-electron chi connectivity index (χ0n) is 19.9. The quantitative estimate of drug-likeness (QED) is 0.258. The highest BCUT2D eigenvalue weighted by Gasteiger charge is 2.44. The Balaban J connectivity index is 1.78. The molecule has 0 unspecified atom stereocenters. The number of fused-ring (bicyclic) bond motifs is 1. The maximum atomic E-state index is 12.2. The van der Waals surface area contributed by atoms with Crippen molar-refractivity contribution in [3.05, 3.63) is 51.9 Å². The van der Waals surface area contributed by atoms with E-state index in [0.717, 1.165) is 18.4 Å². The Bertz CT molecular complexity index is 1130. The van der Waals surface area contributed by atoms with Crippen molar-refractivity contribution in [2.24, 2.45) is 0 Å². The van der Waals surface area contributed by atoms with Gasteiger partial charge in [-0.3, -0.25) is 0 Å². The molecule has 0 bridgehead atoms. The fraction of sp³-hybridized carbons (Fsp3) is 0.480. The van der Waals surface area contributed by atoms with E-state index >= 15 is 0 Å². The molecule has 0 amide bonds. The van der Waals surface area contributed by atoms with Gasteiger partial charge in [0.2, 0.25) is 12.0 Å². The molecule has 35 heavy (non-hydrogen) atoms. The topological polar surface area (TPSA) is 159 Å². The average molecular weight is 493 g/mol. The monoisotopic (exact) mass is 492 g/mol. The Morgan fingerprint density at radius 1 is 1.09 bits per heavy atom. The van der Waals surface area contributed by atoms with E-state index in [9.17, 15) is 30.3 Å². The molecule has 1 aromatic carbocycles. The minimum Gasteiger partial charge on any atom is -0.499 e. The van der Waals surface area contributed by atoms with Crippen molar-refractivity contribution < 1.29 is 44.2 Å². The maximum Gasteiger partial charge on any atom is 0.382 e. The van der Waals surface area contributed by atoms with Crippen LogP contribution in [-0.4, -0.2) is 69.5 Å². The molecule has 0 radical (unpaired) electrons. The average Bonchev–Trinajstić information content (AvgIpc) is 2.81. The van der Waals surface area contributed by atoms with Gasteiger partial charge in [-0.15, -0.1) is 0 Å². The van der Waals surface area contributed by atoms with E-state index < -0.39 is 48.7 Å². The van der Waals surface area contributed by atoms with Crippen LogP contribution in [0.4, 0.5) is 0 Å². The highest BCUT2D eigenvalue weighted by molar-refractivity contribution is 5.86. The van der Waals surface area contributed by atoms with Gasteiger partial charge in [-0.2, -0.15) is 0 Å². The molecule has 1 saturated heterocycles. The number of aliphatic hydroxyl groups is 4. The number of hydrogen-bond donors (Lipinski definition) is 5. The van der Waals surface area contributed by atoms with Crippen molar-refractivity contribution >= 4 is 11.0 Å². The third-order valence-electron chi connectivity index (χ3n) is 5.66. The van der Waals surface area contributed by atoms with Crippen molar-refractivity contribution in [3.8, 4) is 17.2 Å². The zero-order valence-corrected chi connectivity index (χ0v) is 19.9. The third-order valence-corrected chi connectivity index (χ3v) is 5.66. The molecule has 3 rings (SSSR count). The first-order valence-electron chi connectivity index (χ1n) is 11.3. The third kappa shape index (κ3) is 6.41. The first kappa shape index (κ1) is 26.7. The summed E-state index contributed by atoms with van der Waals surface area (Å²) in [5, 5.41) is 49.9. The molecule has 2 aromatic rings. The van der Waals surface area contributed by atoms with E-state index in [1.807, 2.05) is 26.8 Å². The van der Waals surface area contributed by atoms with Gasteiger partial charge in [-0.25, -0.2) is 4.79 Å². The van der Waals surface area contributed by atoms with Crippen LogP contribution in [0.3, 0.4) is 0 Å². The summed E-state index contributed by atoms with van der Waals surface area (Å²) in [4.78, 5) is 12.2. The highest BCUT2D eigenvalue weighted by atomic mass is 16.7. The summed E-state index contributed by atoms with van der Waals surface area (Å²) in [5.74, 6) is -0.587. The van der Waals surface area contributed by atoms with Crippen molar-refractivity contribution in [3.63, 3.8) is 0 Å². The molecular weight excluding hydrogens is 460 g/mol. The van der Waals surface area contributed by atoms with Gasteiger partial charge in [0, 0.05) is 6.07 Å². The molecule has 2 heterocycles. The number of benzene rings is 1. The molecular formula is C25H32O10. The summed E-state index contributed by atoms with van der Waals surface area (Å²) >= 11 is 0. The minimum atomic E-state index is -1.60. The van der Waals surface area contributed by atoms with Crippen LogP contribution in [0.2, 0.25) is 0 Å². The minimum absolute atomic E-state index is 0.0380. The van der Waals surface area contributed by atoms with Crippen LogP contribution < -0.4 is 15.1 Å². The maximum absolute atomic E-state index is 12.2. The number of rotatable bonds is 9. The lowest BCUT2D eigenvalue weighted by Gasteiger charge is -2.39. The number of hydrogen-bond acceptors (Lipinski definition) is 10. The lowest BCUT2D eigenvalue weighted by Crippen LogP contribution is -2.60. The molecule has 10 nitrogen and oxygen atoms in total. The molecule has 0 aliphatic carbocycles. The molecule has 1 aliphatic rings. The van der Waals surface area contributed by atoms with Crippen LogP contribution in [0.15, 0.2) is 50.7 Å². The largest absolute Gasteiger partial charge is 0.499 e. The van der Waals surface area contributed by atoms with Gasteiger partial charge in [0.1, 0.15) is 42.4 Å². The second-order valence-corrected chi connectivity index (χ2v) is 8.72. The van der Waals surface area contributed by atoms with Gasteiger partial charge in [0.25, 0.3) is 0 Å². The van der Waals surface area contributed by atoms with E-state index in [2.05, 4.69) is 6.08 Å². The molecule has 0 spiro atoms. The van der Waals surface area contributed by atoms with Gasteiger partial charge in [-0.1, -0.05) is 17.2 Å². The molecule has 0 saturated carbocycles. The van der Waals surface area contributed by atoms with Crippen molar-refractivity contribution in [1.29, 1.82) is 0 Å². The summed E-state index contributed by atoms with van der Waals surface area (Å²) in [6.07, 6.45) is -1.46. The van der Waals surface area contributed by atoms with Crippen LogP contribution in [-0.2, 0) is 4.74 Å². The summed E-state index contributed by atoms with van der Waals surface area (Å²) in [6, 6.07) is 4.31. The highest BCUT2D eigenvalue weighted by Crippen LogP contribution is 2.34. The van der Waals surface area contributed by atoms with Crippen LogP contribution >= 0.6 is 0 Å². The predicted octanol–water partition coefficient (Wildman–Crippen LogP) is 1.75. The number of aliphatic hydroxyl groups excluding tert-OH is 4. The molecule has 192 valence electrons. The Morgan fingerprint density at radius 3 is 2.51 bits per heavy atom. The number of ether oxygens (including phenoxy) is 3. The molecule has 1 aliphatic heterocycles. The van der Waals surface area contributed by atoms with Gasteiger partial charge in [-0.05, 0) is 51.8 Å². The van der Waals surface area contributed by atoms with Crippen molar-refractivity contribution in [1.82, 2.24) is 0 Å². The van der Waals surface area contributed by atoms with Crippen LogP contribution in [0.25, 0.3) is 11.0 Å². The summed E-state index contributed by atoms with van der Waals surface area (Å²) in [5.41, 5.74) is 1.40. The lowest BCUT2D eigenvalue weighted by atomic mass is 9.99. The first-order valence-corrected chi connectivity index (χ1v) is 11.3. The first-order chi connectivity index (χ1) is 16.6. The summed E-state index contributed by atoms with van der Waals surface area (Å²) < 4.78 is 21.7. The zero-order chi connectivity index (χ0) is 25.7. The summed E-state index contributed by atoms with van der Waals surface area (Å²) in [7, 11) is 0. The second kappa shape index (κ2) is 11.7. The Kier molecular flexibility index (Phi) is 8.92. The molecule has 1 aromatic heterocycles. The van der Waals surface area contributed by atoms with Crippen LogP contribution in [0, 0.1) is 0 Å². The fourth-order valence-corrected chi connectivity index (χ4v) is 3.62. The molecule has 10 heteroatoms. The van der Waals surface area contributed by atoms with Gasteiger partial charge < -0.3 is 44.2 Å². The number of allylic oxidation sites excluding steroid dienone is 3. The molecule has 1 fully saturated rings. The number of aromatic hydroxyl groups is 1.